The summed E-state index contributed by atoms with van der Waals surface area (Å²) in [6.07, 6.45) is 0.764. The maximum Gasteiger partial charge on any atom is 0.326 e. The molecule has 8 nitrogen and oxygen atoms in total. The topological polar surface area (TPSA) is 94.2 Å². The number of hydrogen-bond donors (Lipinski definition) is 1. The second-order valence-corrected chi connectivity index (χ2v) is 7.74. The van der Waals surface area contributed by atoms with Crippen molar-refractivity contribution in [2.24, 2.45) is 0 Å². The average Bonchev–Trinajstić information content (AvgIpc) is 2.74. The maximum absolute atomic E-state index is 12.9. The number of amides is 3. The fourth-order valence-corrected chi connectivity index (χ4v) is 3.01. The second kappa shape index (κ2) is 6.75. The van der Waals surface area contributed by atoms with E-state index in [4.69, 9.17) is 14.2 Å². The summed E-state index contributed by atoms with van der Waals surface area (Å²) in [7, 11) is 0. The molecule has 0 aliphatic carbocycles. The van der Waals surface area contributed by atoms with Crippen molar-refractivity contribution in [1.82, 2.24) is 10.2 Å². The predicted octanol–water partition coefficient (Wildman–Crippen LogP) is 1.96. The third kappa shape index (κ3) is 3.84. The quantitative estimate of drug-likeness (QED) is 0.640. The molecule has 0 spiro atoms. The molecule has 8 heteroatoms. The molecule has 2 heterocycles. The van der Waals surface area contributed by atoms with Gasteiger partial charge in [-0.15, -0.1) is 0 Å². The van der Waals surface area contributed by atoms with Crippen LogP contribution in [0.25, 0.3) is 0 Å². The van der Waals surface area contributed by atoms with Crippen molar-refractivity contribution >= 4 is 17.9 Å². The first-order chi connectivity index (χ1) is 12.6. The van der Waals surface area contributed by atoms with Crippen molar-refractivity contribution in [3.63, 3.8) is 0 Å². The lowest BCUT2D eigenvalue weighted by Crippen LogP contribution is -2.42. The van der Waals surface area contributed by atoms with Crippen LogP contribution in [0.4, 0.5) is 4.79 Å². The number of nitrogens with one attached hydrogen (secondary N) is 1. The van der Waals surface area contributed by atoms with Gasteiger partial charge in [0.25, 0.3) is 5.91 Å². The minimum Gasteiger partial charge on any atom is -0.490 e. The van der Waals surface area contributed by atoms with Crippen LogP contribution < -0.4 is 14.8 Å². The molecule has 27 heavy (non-hydrogen) atoms. The molecule has 1 saturated heterocycles. The highest BCUT2D eigenvalue weighted by atomic mass is 16.6. The number of benzene rings is 1. The normalized spacial score (nSPS) is 22.3. The number of carbonyl (C=O) groups excluding carboxylic acids is 3. The molecule has 2 aliphatic heterocycles. The van der Waals surface area contributed by atoms with Crippen LogP contribution in [-0.2, 0) is 19.9 Å². The molecule has 0 radical (unpaired) electrons. The Morgan fingerprint density at radius 1 is 1.22 bits per heavy atom. The highest BCUT2D eigenvalue weighted by Gasteiger charge is 2.50. The first-order valence-corrected chi connectivity index (χ1v) is 8.86. The third-order valence-corrected chi connectivity index (χ3v) is 4.31. The van der Waals surface area contributed by atoms with Gasteiger partial charge in [-0.25, -0.2) is 4.79 Å². The summed E-state index contributed by atoms with van der Waals surface area (Å²) < 4.78 is 16.5. The minimum absolute atomic E-state index is 0.442. The van der Waals surface area contributed by atoms with Gasteiger partial charge in [0.2, 0.25) is 0 Å². The molecule has 1 fully saturated rings. The molecule has 146 valence electrons. The highest BCUT2D eigenvalue weighted by Crippen LogP contribution is 2.36. The van der Waals surface area contributed by atoms with E-state index < -0.39 is 35.6 Å². The lowest BCUT2D eigenvalue weighted by atomic mass is 9.91. The molecule has 1 aromatic rings. The summed E-state index contributed by atoms with van der Waals surface area (Å²) in [5, 5.41) is 2.67. The third-order valence-electron chi connectivity index (χ3n) is 4.31. The van der Waals surface area contributed by atoms with Crippen molar-refractivity contribution in [1.29, 1.82) is 0 Å². The van der Waals surface area contributed by atoms with E-state index in [1.807, 2.05) is 0 Å². The zero-order valence-corrected chi connectivity index (χ0v) is 16.0. The zero-order valence-electron chi connectivity index (χ0n) is 16.0. The van der Waals surface area contributed by atoms with Crippen LogP contribution in [0.2, 0.25) is 0 Å². The van der Waals surface area contributed by atoms with Gasteiger partial charge in [-0.2, -0.15) is 0 Å². The Kier molecular flexibility index (Phi) is 4.75. The summed E-state index contributed by atoms with van der Waals surface area (Å²) in [5.41, 5.74) is -1.45. The fraction of sp³-hybridized carbons (Fsp3) is 0.526. The Hall–Kier alpha value is -2.77. The van der Waals surface area contributed by atoms with Gasteiger partial charge < -0.3 is 19.5 Å². The van der Waals surface area contributed by atoms with Gasteiger partial charge in [0.05, 0.1) is 13.2 Å². The molecule has 0 bridgehead atoms. The first-order valence-electron chi connectivity index (χ1n) is 8.86. The monoisotopic (exact) mass is 376 g/mol. The summed E-state index contributed by atoms with van der Waals surface area (Å²) >= 11 is 0. The Morgan fingerprint density at radius 3 is 2.56 bits per heavy atom. The molecular weight excluding hydrogens is 352 g/mol. The molecular formula is C19H24N2O6. The maximum atomic E-state index is 12.9. The molecule has 1 N–H and O–H groups in total. The van der Waals surface area contributed by atoms with E-state index in [-0.39, 0.29) is 0 Å². The number of imide groups is 1. The molecule has 2 aliphatic rings. The molecule has 1 aromatic carbocycles. The van der Waals surface area contributed by atoms with Crippen LogP contribution in [0.3, 0.4) is 0 Å². The predicted molar refractivity (Wildman–Crippen MR) is 95.5 cm³/mol. The standard InChI is InChI=1S/C19H24N2O6/c1-18(2,3)27-15(22)11-21-16(23)19(4,20-17(21)24)12-6-7-13-14(10-12)26-9-5-8-25-13/h6-7,10H,5,8-9,11H2,1-4H3,(H,20,24). The highest BCUT2D eigenvalue weighted by molar-refractivity contribution is 6.08. The van der Waals surface area contributed by atoms with Crippen LogP contribution >= 0.6 is 0 Å². The van der Waals surface area contributed by atoms with Crippen molar-refractivity contribution in [2.75, 3.05) is 19.8 Å². The average molecular weight is 376 g/mol. The van der Waals surface area contributed by atoms with Gasteiger partial charge in [-0.05, 0) is 45.4 Å². The summed E-state index contributed by atoms with van der Waals surface area (Å²) in [6, 6.07) is 4.48. The Bertz CT molecular complexity index is 785. The zero-order chi connectivity index (χ0) is 19.8. The number of hydrogen-bond acceptors (Lipinski definition) is 6. The van der Waals surface area contributed by atoms with Crippen LogP contribution in [0.1, 0.15) is 39.7 Å². The van der Waals surface area contributed by atoms with E-state index >= 15 is 0 Å². The number of nitrogens with zero attached hydrogens (tertiary/aromatic N) is 1. The minimum atomic E-state index is -1.30. The number of carbonyl (C=O) groups is 3. The number of ether oxygens (including phenoxy) is 3. The smallest absolute Gasteiger partial charge is 0.326 e. The summed E-state index contributed by atoms with van der Waals surface area (Å²) in [4.78, 5) is 38.2. The van der Waals surface area contributed by atoms with Crippen molar-refractivity contribution in [2.45, 2.75) is 45.3 Å². The van der Waals surface area contributed by atoms with Gasteiger partial charge in [-0.3, -0.25) is 14.5 Å². The van der Waals surface area contributed by atoms with Gasteiger partial charge >= 0.3 is 12.0 Å². The molecule has 0 aromatic heterocycles. The van der Waals surface area contributed by atoms with Crippen molar-refractivity contribution in [3.05, 3.63) is 23.8 Å². The fourth-order valence-electron chi connectivity index (χ4n) is 3.01. The Balaban J connectivity index is 1.82. The van der Waals surface area contributed by atoms with E-state index in [0.717, 1.165) is 11.3 Å². The number of rotatable bonds is 3. The molecule has 0 saturated carbocycles. The SMILES string of the molecule is CC(C)(C)OC(=O)CN1C(=O)NC(C)(c2ccc3c(c2)OCCCO3)C1=O. The summed E-state index contributed by atoms with van der Waals surface area (Å²) in [6.45, 7) is 7.39. The number of urea groups is 1. The molecule has 3 rings (SSSR count). The molecule has 3 amide bonds. The number of esters is 1. The van der Waals surface area contributed by atoms with Crippen LogP contribution in [0, 0.1) is 0 Å². The van der Waals surface area contributed by atoms with Gasteiger partial charge in [0, 0.05) is 6.42 Å². The van der Waals surface area contributed by atoms with E-state index in [9.17, 15) is 14.4 Å². The molecule has 1 atom stereocenters. The van der Waals surface area contributed by atoms with E-state index in [2.05, 4.69) is 5.32 Å². The second-order valence-electron chi connectivity index (χ2n) is 7.74. The Morgan fingerprint density at radius 2 is 1.89 bits per heavy atom. The van der Waals surface area contributed by atoms with Crippen molar-refractivity contribution < 1.29 is 28.6 Å². The van der Waals surface area contributed by atoms with Gasteiger partial charge in [-0.1, -0.05) is 6.07 Å². The largest absolute Gasteiger partial charge is 0.490 e. The van der Waals surface area contributed by atoms with E-state index in [1.54, 1.807) is 45.9 Å². The lowest BCUT2D eigenvalue weighted by Gasteiger charge is -2.24. The van der Waals surface area contributed by atoms with Gasteiger partial charge in [0.1, 0.15) is 17.7 Å². The Labute approximate surface area is 157 Å². The van der Waals surface area contributed by atoms with E-state index in [0.29, 0.717) is 30.3 Å². The van der Waals surface area contributed by atoms with Crippen LogP contribution in [0.15, 0.2) is 18.2 Å². The lowest BCUT2D eigenvalue weighted by molar-refractivity contribution is -0.157. The first kappa shape index (κ1) is 19.0. The van der Waals surface area contributed by atoms with E-state index in [1.165, 1.54) is 0 Å². The van der Waals surface area contributed by atoms with Gasteiger partial charge in [0.15, 0.2) is 11.5 Å². The van der Waals surface area contributed by atoms with Crippen LogP contribution in [-0.4, -0.2) is 48.2 Å². The van der Waals surface area contributed by atoms with Crippen LogP contribution in [0.5, 0.6) is 11.5 Å². The number of fused-ring (bicyclic) bond motifs is 1. The van der Waals surface area contributed by atoms with Crippen molar-refractivity contribution in [3.8, 4) is 11.5 Å². The summed E-state index contributed by atoms with van der Waals surface area (Å²) in [5.74, 6) is -0.0390. The molecule has 1 unspecified atom stereocenters.